The Hall–Kier alpha value is -1.59. The van der Waals surface area contributed by atoms with E-state index in [2.05, 4.69) is 34.6 Å². The summed E-state index contributed by atoms with van der Waals surface area (Å²) in [7, 11) is 0. The normalized spacial score (nSPS) is 12.0. The molecule has 6 heteroatoms. The first-order chi connectivity index (χ1) is 33.2. The van der Waals surface area contributed by atoms with Crippen LogP contribution in [0.25, 0.3) is 0 Å². The van der Waals surface area contributed by atoms with Crippen molar-refractivity contribution in [3.63, 3.8) is 0 Å². The van der Waals surface area contributed by atoms with Crippen LogP contribution in [0.15, 0.2) is 0 Å². The maximum Gasteiger partial charge on any atom is 0.306 e. The van der Waals surface area contributed by atoms with Crippen LogP contribution in [0.3, 0.4) is 0 Å². The number of carbonyl (C=O) groups is 3. The molecular weight excluding hydrogens is 841 g/mol. The molecule has 6 nitrogen and oxygen atoms in total. The Morgan fingerprint density at radius 1 is 0.279 bits per heavy atom. The van der Waals surface area contributed by atoms with E-state index < -0.39 is 6.10 Å². The van der Waals surface area contributed by atoms with Crippen molar-refractivity contribution >= 4 is 17.9 Å². The summed E-state index contributed by atoms with van der Waals surface area (Å²) in [6.07, 6.45) is 59.5. The molecule has 0 bridgehead atoms. The topological polar surface area (TPSA) is 78.9 Å². The molecule has 0 heterocycles. The fourth-order valence-electron chi connectivity index (χ4n) is 9.58. The zero-order valence-electron chi connectivity index (χ0n) is 46.7. The minimum Gasteiger partial charge on any atom is -0.462 e. The van der Waals surface area contributed by atoms with E-state index in [4.69, 9.17) is 14.2 Å². The van der Waals surface area contributed by atoms with Crippen LogP contribution in [-0.2, 0) is 28.6 Å². The zero-order valence-corrected chi connectivity index (χ0v) is 46.7. The Labute approximate surface area is 425 Å². The van der Waals surface area contributed by atoms with Gasteiger partial charge in [-0.25, -0.2) is 0 Å². The predicted octanol–water partition coefficient (Wildman–Crippen LogP) is 20.4. The van der Waals surface area contributed by atoms with Gasteiger partial charge in [-0.05, 0) is 31.1 Å². The van der Waals surface area contributed by atoms with Gasteiger partial charge in [0.25, 0.3) is 0 Å². The van der Waals surface area contributed by atoms with Gasteiger partial charge in [-0.2, -0.15) is 0 Å². The van der Waals surface area contributed by atoms with Gasteiger partial charge in [0.15, 0.2) is 6.10 Å². The predicted molar refractivity (Wildman–Crippen MR) is 293 cm³/mol. The van der Waals surface area contributed by atoms with Crippen LogP contribution in [0.2, 0.25) is 0 Å². The fraction of sp³-hybridized carbons (Fsp3) is 0.952. The summed E-state index contributed by atoms with van der Waals surface area (Å²) in [5.74, 6) is 0.860. The lowest BCUT2D eigenvalue weighted by Crippen LogP contribution is -2.30. The first-order valence-electron chi connectivity index (χ1n) is 30.7. The van der Waals surface area contributed by atoms with Gasteiger partial charge in [0.05, 0.1) is 0 Å². The van der Waals surface area contributed by atoms with Gasteiger partial charge in [0.2, 0.25) is 0 Å². The molecule has 0 fully saturated rings. The maximum absolute atomic E-state index is 12.9. The maximum atomic E-state index is 12.9. The average Bonchev–Trinajstić information content (AvgIpc) is 3.31. The van der Waals surface area contributed by atoms with Crippen LogP contribution in [0.4, 0.5) is 0 Å². The summed E-state index contributed by atoms with van der Waals surface area (Å²) >= 11 is 0. The number of unbranched alkanes of at least 4 members (excludes halogenated alkanes) is 41. The molecule has 0 aromatic heterocycles. The van der Waals surface area contributed by atoms with Gasteiger partial charge in [-0.15, -0.1) is 0 Å². The lowest BCUT2D eigenvalue weighted by molar-refractivity contribution is -0.167. The van der Waals surface area contributed by atoms with Crippen LogP contribution in [-0.4, -0.2) is 37.2 Å². The SMILES string of the molecule is CCCCCCCCCCCCCCCCCC(=O)O[C@@H](COC(=O)CCCCCCCCCCCCCCCCCC(C)C)COC(=O)CCCCCCCCCCCCCCCCC(C)C. The van der Waals surface area contributed by atoms with Gasteiger partial charge < -0.3 is 14.2 Å². The first-order valence-corrected chi connectivity index (χ1v) is 30.7. The Balaban J connectivity index is 4.29. The fourth-order valence-corrected chi connectivity index (χ4v) is 9.58. The van der Waals surface area contributed by atoms with E-state index in [0.29, 0.717) is 19.3 Å². The first kappa shape index (κ1) is 66.4. The van der Waals surface area contributed by atoms with Crippen LogP contribution >= 0.6 is 0 Å². The van der Waals surface area contributed by atoms with Gasteiger partial charge in [0.1, 0.15) is 13.2 Å². The summed E-state index contributed by atoms with van der Waals surface area (Å²) in [5, 5.41) is 0. The molecule has 68 heavy (non-hydrogen) atoms. The summed E-state index contributed by atoms with van der Waals surface area (Å²) in [4.78, 5) is 38.2. The van der Waals surface area contributed by atoms with Crippen molar-refractivity contribution in [2.45, 2.75) is 355 Å². The van der Waals surface area contributed by atoms with E-state index in [1.165, 1.54) is 238 Å². The number of carbonyl (C=O) groups excluding carboxylic acids is 3. The van der Waals surface area contributed by atoms with Crippen LogP contribution < -0.4 is 0 Å². The molecule has 0 rings (SSSR count). The van der Waals surface area contributed by atoms with E-state index >= 15 is 0 Å². The smallest absolute Gasteiger partial charge is 0.306 e. The molecule has 0 aliphatic heterocycles. The minimum absolute atomic E-state index is 0.0621. The molecule has 0 amide bonds. The van der Waals surface area contributed by atoms with Crippen molar-refractivity contribution < 1.29 is 28.6 Å². The van der Waals surface area contributed by atoms with Crippen molar-refractivity contribution in [3.05, 3.63) is 0 Å². The number of hydrogen-bond donors (Lipinski definition) is 0. The van der Waals surface area contributed by atoms with Gasteiger partial charge in [-0.1, -0.05) is 311 Å². The van der Waals surface area contributed by atoms with Gasteiger partial charge in [-0.3, -0.25) is 14.4 Å². The molecule has 0 radical (unpaired) electrons. The standard InChI is InChI=1S/C62H120O6/c1-6-7-8-9-10-11-12-13-15-24-29-34-39-44-49-54-62(65)68-59(56-67-61(64)53-48-43-38-33-28-23-19-18-21-26-31-36-41-46-51-58(4)5)55-66-60(63)52-47-42-37-32-27-22-17-14-16-20-25-30-35-40-45-50-57(2)3/h57-59H,6-56H2,1-5H3/t59-/m0/s1. The second kappa shape index (κ2) is 54.7. The molecule has 0 aliphatic carbocycles. The quantitative estimate of drug-likeness (QED) is 0.0343. The van der Waals surface area contributed by atoms with Crippen LogP contribution in [0.5, 0.6) is 0 Å². The van der Waals surface area contributed by atoms with E-state index in [1.54, 1.807) is 0 Å². The molecule has 1 atom stereocenters. The number of hydrogen-bond acceptors (Lipinski definition) is 6. The number of rotatable bonds is 56. The van der Waals surface area contributed by atoms with E-state index in [1.807, 2.05) is 0 Å². The van der Waals surface area contributed by atoms with Crippen molar-refractivity contribution in [3.8, 4) is 0 Å². The van der Waals surface area contributed by atoms with Crippen molar-refractivity contribution in [2.75, 3.05) is 13.2 Å². The molecule has 0 spiro atoms. The van der Waals surface area contributed by atoms with Crippen molar-refractivity contribution in [1.82, 2.24) is 0 Å². The highest BCUT2D eigenvalue weighted by Crippen LogP contribution is 2.19. The lowest BCUT2D eigenvalue weighted by atomic mass is 10.0. The Kier molecular flexibility index (Phi) is 53.5. The number of esters is 3. The Morgan fingerprint density at radius 3 is 0.721 bits per heavy atom. The molecule has 0 aromatic carbocycles. The van der Waals surface area contributed by atoms with Gasteiger partial charge in [0, 0.05) is 19.3 Å². The molecule has 404 valence electrons. The highest BCUT2D eigenvalue weighted by atomic mass is 16.6. The molecular formula is C62H120O6. The summed E-state index contributed by atoms with van der Waals surface area (Å²) < 4.78 is 16.9. The summed E-state index contributed by atoms with van der Waals surface area (Å²) in [6, 6.07) is 0. The molecule has 0 saturated carbocycles. The Bertz CT molecular complexity index is 1040. The molecule has 0 unspecified atom stereocenters. The van der Waals surface area contributed by atoms with E-state index in [9.17, 15) is 14.4 Å². The minimum atomic E-state index is -0.763. The highest BCUT2D eigenvalue weighted by Gasteiger charge is 2.19. The van der Waals surface area contributed by atoms with Crippen LogP contribution in [0.1, 0.15) is 349 Å². The molecule has 0 aromatic rings. The van der Waals surface area contributed by atoms with E-state index in [-0.39, 0.29) is 31.1 Å². The third-order valence-corrected chi connectivity index (χ3v) is 14.2. The average molecular weight is 962 g/mol. The van der Waals surface area contributed by atoms with Gasteiger partial charge >= 0.3 is 17.9 Å². The Morgan fingerprint density at radius 2 is 0.485 bits per heavy atom. The third-order valence-electron chi connectivity index (χ3n) is 14.2. The summed E-state index contributed by atoms with van der Waals surface area (Å²) in [6.45, 7) is 11.4. The number of ether oxygens (including phenoxy) is 3. The zero-order chi connectivity index (χ0) is 49.6. The van der Waals surface area contributed by atoms with Crippen LogP contribution in [0, 0.1) is 11.8 Å². The second-order valence-corrected chi connectivity index (χ2v) is 22.3. The largest absolute Gasteiger partial charge is 0.462 e. The van der Waals surface area contributed by atoms with Crippen molar-refractivity contribution in [1.29, 1.82) is 0 Å². The third kappa shape index (κ3) is 55.3. The van der Waals surface area contributed by atoms with E-state index in [0.717, 1.165) is 69.6 Å². The molecule has 0 aliphatic rings. The second-order valence-electron chi connectivity index (χ2n) is 22.3. The molecule has 0 saturated heterocycles. The monoisotopic (exact) mass is 961 g/mol. The summed E-state index contributed by atoms with van der Waals surface area (Å²) in [5.41, 5.74) is 0. The molecule has 0 N–H and O–H groups in total. The highest BCUT2D eigenvalue weighted by molar-refractivity contribution is 5.71. The van der Waals surface area contributed by atoms with Crippen molar-refractivity contribution in [2.24, 2.45) is 11.8 Å². The lowest BCUT2D eigenvalue weighted by Gasteiger charge is -2.18.